The van der Waals surface area contributed by atoms with E-state index in [1.807, 2.05) is 25.1 Å². The summed E-state index contributed by atoms with van der Waals surface area (Å²) >= 11 is 12.6. The lowest BCUT2D eigenvalue weighted by Gasteiger charge is -2.08. The van der Waals surface area contributed by atoms with Crippen LogP contribution in [0.15, 0.2) is 55.0 Å². The summed E-state index contributed by atoms with van der Waals surface area (Å²) in [5.74, 6) is 0.893. The highest BCUT2D eigenvalue weighted by atomic mass is 35.5. The van der Waals surface area contributed by atoms with Gasteiger partial charge < -0.3 is 5.32 Å². The zero-order valence-electron chi connectivity index (χ0n) is 16.0. The first kappa shape index (κ1) is 20.1. The summed E-state index contributed by atoms with van der Waals surface area (Å²) in [4.78, 5) is 21.3. The van der Waals surface area contributed by atoms with Crippen LogP contribution in [0.3, 0.4) is 0 Å². The molecule has 0 bridgehead atoms. The lowest BCUT2D eigenvalue weighted by Crippen LogP contribution is -2.24. The number of hydrogen-bond donors (Lipinski definition) is 1. The maximum absolute atomic E-state index is 12.7. The molecule has 30 heavy (non-hydrogen) atoms. The molecule has 0 unspecified atom stereocenters. The number of benzene rings is 1. The van der Waals surface area contributed by atoms with Gasteiger partial charge in [0.1, 0.15) is 11.5 Å². The average Bonchev–Trinajstić information content (AvgIpc) is 3.42. The number of para-hydroxylation sites is 1. The van der Waals surface area contributed by atoms with Gasteiger partial charge in [-0.15, -0.1) is 5.10 Å². The Kier molecular flexibility index (Phi) is 5.78. The van der Waals surface area contributed by atoms with E-state index in [0.717, 1.165) is 5.56 Å². The molecular weight excluding hydrogens is 425 g/mol. The van der Waals surface area contributed by atoms with Gasteiger partial charge in [0.2, 0.25) is 5.82 Å². The zero-order chi connectivity index (χ0) is 21.1. The molecule has 0 aliphatic heterocycles. The van der Waals surface area contributed by atoms with Crippen molar-refractivity contribution < 1.29 is 4.79 Å². The van der Waals surface area contributed by atoms with Crippen LogP contribution in [0.2, 0.25) is 10.0 Å². The molecule has 1 amide bonds. The van der Waals surface area contributed by atoms with Crippen molar-refractivity contribution in [1.82, 2.24) is 34.8 Å². The highest BCUT2D eigenvalue weighted by molar-refractivity contribution is 6.37. The average molecular weight is 442 g/mol. The Hall–Kier alpha value is -3.23. The maximum Gasteiger partial charge on any atom is 0.291 e. The predicted octanol–water partition coefficient (Wildman–Crippen LogP) is 3.65. The minimum absolute atomic E-state index is 0.0455. The molecule has 4 aromatic rings. The van der Waals surface area contributed by atoms with Gasteiger partial charge in [-0.2, -0.15) is 5.10 Å². The molecule has 0 radical (unpaired) electrons. The van der Waals surface area contributed by atoms with Gasteiger partial charge in [-0.25, -0.2) is 19.3 Å². The standard InChI is InChI=1S/C20H17Cl2N7O/c1-2-16-26-19(27-29(16)18-14(21)5-3-6-15(18)22)20(30)24-12-13-7-9-23-17(11-13)28-10-4-8-25-28/h3-11H,2,12H2,1H3,(H,24,30). The second-order valence-electron chi connectivity index (χ2n) is 6.34. The van der Waals surface area contributed by atoms with Crippen molar-refractivity contribution in [2.75, 3.05) is 0 Å². The van der Waals surface area contributed by atoms with Gasteiger partial charge in [0, 0.05) is 31.6 Å². The number of pyridine rings is 1. The summed E-state index contributed by atoms with van der Waals surface area (Å²) in [7, 11) is 0. The first-order chi connectivity index (χ1) is 14.6. The summed E-state index contributed by atoms with van der Waals surface area (Å²) in [6.45, 7) is 2.21. The molecule has 0 fully saturated rings. The van der Waals surface area contributed by atoms with Crippen molar-refractivity contribution in [3.05, 3.63) is 82.2 Å². The maximum atomic E-state index is 12.7. The summed E-state index contributed by atoms with van der Waals surface area (Å²) in [6, 6.07) is 10.7. The van der Waals surface area contributed by atoms with Gasteiger partial charge in [0.25, 0.3) is 5.91 Å². The molecule has 3 heterocycles. The number of carbonyl (C=O) groups is 1. The molecule has 1 N–H and O–H groups in total. The third kappa shape index (κ3) is 4.05. The van der Waals surface area contributed by atoms with Crippen LogP contribution in [0.4, 0.5) is 0 Å². The fourth-order valence-corrected chi connectivity index (χ4v) is 3.46. The quantitative estimate of drug-likeness (QED) is 0.493. The monoisotopic (exact) mass is 441 g/mol. The normalized spacial score (nSPS) is 10.9. The van der Waals surface area contributed by atoms with Crippen molar-refractivity contribution in [3.8, 4) is 11.5 Å². The first-order valence-electron chi connectivity index (χ1n) is 9.20. The molecule has 3 aromatic heterocycles. The summed E-state index contributed by atoms with van der Waals surface area (Å²) in [6.07, 6.45) is 5.70. The van der Waals surface area contributed by atoms with Gasteiger partial charge in [0.05, 0.1) is 10.0 Å². The molecule has 0 saturated carbocycles. The summed E-state index contributed by atoms with van der Waals surface area (Å²) < 4.78 is 3.16. The van der Waals surface area contributed by atoms with E-state index in [1.54, 1.807) is 41.5 Å². The van der Waals surface area contributed by atoms with Crippen molar-refractivity contribution in [3.63, 3.8) is 0 Å². The van der Waals surface area contributed by atoms with E-state index >= 15 is 0 Å². The Labute approximate surface area is 182 Å². The van der Waals surface area contributed by atoms with Gasteiger partial charge >= 0.3 is 0 Å². The number of carbonyl (C=O) groups excluding carboxylic acids is 1. The highest BCUT2D eigenvalue weighted by Gasteiger charge is 2.19. The molecule has 8 nitrogen and oxygen atoms in total. The van der Waals surface area contributed by atoms with Crippen molar-refractivity contribution >= 4 is 29.1 Å². The number of aryl methyl sites for hydroxylation is 1. The van der Waals surface area contributed by atoms with Crippen LogP contribution < -0.4 is 5.32 Å². The van der Waals surface area contributed by atoms with E-state index in [0.29, 0.717) is 40.3 Å². The highest BCUT2D eigenvalue weighted by Crippen LogP contribution is 2.28. The topological polar surface area (TPSA) is 90.5 Å². The third-order valence-corrected chi connectivity index (χ3v) is 4.95. The molecule has 0 saturated heterocycles. The fraction of sp³-hybridized carbons (Fsp3) is 0.150. The van der Waals surface area contributed by atoms with Gasteiger partial charge in [0.15, 0.2) is 5.82 Å². The molecule has 10 heteroatoms. The van der Waals surface area contributed by atoms with Gasteiger partial charge in [-0.05, 0) is 35.9 Å². The third-order valence-electron chi connectivity index (χ3n) is 4.34. The number of aromatic nitrogens is 6. The Bertz CT molecular complexity index is 1170. The Balaban J connectivity index is 1.54. The van der Waals surface area contributed by atoms with Crippen LogP contribution in [-0.2, 0) is 13.0 Å². The van der Waals surface area contributed by atoms with Crippen LogP contribution in [0.25, 0.3) is 11.5 Å². The predicted molar refractivity (Wildman–Crippen MR) is 113 cm³/mol. The smallest absolute Gasteiger partial charge is 0.291 e. The van der Waals surface area contributed by atoms with E-state index in [9.17, 15) is 4.79 Å². The van der Waals surface area contributed by atoms with Gasteiger partial charge in [-0.1, -0.05) is 36.2 Å². The lowest BCUT2D eigenvalue weighted by atomic mass is 10.2. The van der Waals surface area contributed by atoms with Crippen LogP contribution in [-0.4, -0.2) is 35.4 Å². The van der Waals surface area contributed by atoms with Crippen LogP contribution in [0.1, 0.15) is 28.9 Å². The molecular formula is C20H17Cl2N7O. The number of hydrogen-bond acceptors (Lipinski definition) is 5. The lowest BCUT2D eigenvalue weighted by molar-refractivity contribution is 0.0940. The summed E-state index contributed by atoms with van der Waals surface area (Å²) in [5.41, 5.74) is 1.37. The molecule has 0 aliphatic rings. The second-order valence-corrected chi connectivity index (χ2v) is 7.16. The molecule has 1 aromatic carbocycles. The van der Waals surface area contributed by atoms with Crippen LogP contribution in [0, 0.1) is 0 Å². The Morgan fingerprint density at radius 2 is 1.93 bits per heavy atom. The molecule has 0 atom stereocenters. The first-order valence-corrected chi connectivity index (χ1v) is 9.96. The largest absolute Gasteiger partial charge is 0.345 e. The second kappa shape index (κ2) is 8.64. The van der Waals surface area contributed by atoms with E-state index < -0.39 is 5.91 Å². The van der Waals surface area contributed by atoms with E-state index in [2.05, 4.69) is 25.5 Å². The van der Waals surface area contributed by atoms with E-state index in [4.69, 9.17) is 23.2 Å². The van der Waals surface area contributed by atoms with E-state index in [1.165, 1.54) is 4.68 Å². The number of rotatable bonds is 6. The number of nitrogens with one attached hydrogen (secondary N) is 1. The molecule has 152 valence electrons. The summed E-state index contributed by atoms with van der Waals surface area (Å²) in [5, 5.41) is 12.2. The number of amides is 1. The number of halogens is 2. The Morgan fingerprint density at radius 3 is 2.63 bits per heavy atom. The minimum Gasteiger partial charge on any atom is -0.345 e. The SMILES string of the molecule is CCc1nc(C(=O)NCc2ccnc(-n3cccn3)c2)nn1-c1c(Cl)cccc1Cl. The van der Waals surface area contributed by atoms with Crippen LogP contribution in [0.5, 0.6) is 0 Å². The molecule has 4 rings (SSSR count). The molecule has 0 spiro atoms. The number of nitrogens with zero attached hydrogens (tertiary/aromatic N) is 6. The molecule has 0 aliphatic carbocycles. The fourth-order valence-electron chi connectivity index (χ4n) is 2.90. The van der Waals surface area contributed by atoms with E-state index in [-0.39, 0.29) is 5.82 Å². The van der Waals surface area contributed by atoms with Crippen molar-refractivity contribution in [2.24, 2.45) is 0 Å². The van der Waals surface area contributed by atoms with Gasteiger partial charge in [-0.3, -0.25) is 4.79 Å². The Morgan fingerprint density at radius 1 is 1.13 bits per heavy atom. The van der Waals surface area contributed by atoms with Crippen LogP contribution >= 0.6 is 23.2 Å². The zero-order valence-corrected chi connectivity index (χ0v) is 17.5. The minimum atomic E-state index is -0.399. The van der Waals surface area contributed by atoms with Crippen molar-refractivity contribution in [1.29, 1.82) is 0 Å². The van der Waals surface area contributed by atoms with Crippen molar-refractivity contribution in [2.45, 2.75) is 19.9 Å².